The Labute approximate surface area is 129 Å². The summed E-state index contributed by atoms with van der Waals surface area (Å²) in [4.78, 5) is 0. The van der Waals surface area contributed by atoms with Crippen LogP contribution in [0.25, 0.3) is 5.69 Å². The van der Waals surface area contributed by atoms with E-state index in [1.54, 1.807) is 6.92 Å². The molecule has 6 nitrogen and oxygen atoms in total. The molecular weight excluding hydrogens is 278 g/mol. The topological polar surface area (TPSA) is 68.8 Å². The van der Waals surface area contributed by atoms with Crippen LogP contribution in [0.5, 0.6) is 0 Å². The monoisotopic (exact) mass is 297 g/mol. The van der Waals surface area contributed by atoms with Gasteiger partial charge in [0.2, 0.25) is 11.8 Å². The zero-order valence-electron chi connectivity index (χ0n) is 13.2. The molecule has 22 heavy (non-hydrogen) atoms. The summed E-state index contributed by atoms with van der Waals surface area (Å²) < 4.78 is 7.34. The molecule has 6 heteroatoms. The van der Waals surface area contributed by atoms with Gasteiger partial charge in [-0.05, 0) is 32.9 Å². The van der Waals surface area contributed by atoms with Gasteiger partial charge in [0.15, 0.2) is 0 Å². The van der Waals surface area contributed by atoms with Gasteiger partial charge in [0.25, 0.3) is 0 Å². The molecule has 0 aliphatic rings. The van der Waals surface area contributed by atoms with Gasteiger partial charge in [-0.15, -0.1) is 10.2 Å². The number of hydrogen-bond acceptors (Lipinski definition) is 5. The lowest BCUT2D eigenvalue weighted by Gasteiger charge is -2.08. The average molecular weight is 297 g/mol. The smallest absolute Gasteiger partial charge is 0.238 e. The van der Waals surface area contributed by atoms with Crippen molar-refractivity contribution in [3.05, 3.63) is 53.4 Å². The van der Waals surface area contributed by atoms with Gasteiger partial charge in [0.05, 0.1) is 5.69 Å². The third-order valence-electron chi connectivity index (χ3n) is 3.44. The predicted molar refractivity (Wildman–Crippen MR) is 84.1 cm³/mol. The number of aromatic nitrogens is 4. The minimum absolute atomic E-state index is 0.0954. The third kappa shape index (κ3) is 2.86. The van der Waals surface area contributed by atoms with Crippen molar-refractivity contribution in [2.75, 3.05) is 5.32 Å². The highest BCUT2D eigenvalue weighted by atomic mass is 16.4. The highest BCUT2D eigenvalue weighted by Gasteiger charge is 2.14. The first-order chi connectivity index (χ1) is 10.5. The maximum absolute atomic E-state index is 5.43. The number of benzene rings is 1. The fourth-order valence-electron chi connectivity index (χ4n) is 2.26. The van der Waals surface area contributed by atoms with Gasteiger partial charge in [0, 0.05) is 18.7 Å². The van der Waals surface area contributed by atoms with Crippen LogP contribution in [0.2, 0.25) is 0 Å². The molecule has 2 heterocycles. The second kappa shape index (κ2) is 5.63. The van der Waals surface area contributed by atoms with Gasteiger partial charge in [-0.3, -0.25) is 0 Å². The molecule has 0 saturated carbocycles. The number of hydrogen-bond donors (Lipinski definition) is 1. The summed E-state index contributed by atoms with van der Waals surface area (Å²) in [6.45, 7) is 7.84. The summed E-state index contributed by atoms with van der Waals surface area (Å²) in [7, 11) is 0. The van der Waals surface area contributed by atoms with E-state index < -0.39 is 0 Å². The number of aryl methyl sites for hydroxylation is 3. The summed E-state index contributed by atoms with van der Waals surface area (Å²) >= 11 is 0. The Hall–Kier alpha value is -2.63. The van der Waals surface area contributed by atoms with Crippen LogP contribution in [-0.2, 0) is 0 Å². The fraction of sp³-hybridized carbons (Fsp3) is 0.312. The number of nitrogens with one attached hydrogen (secondary N) is 1. The van der Waals surface area contributed by atoms with Crippen molar-refractivity contribution in [3.8, 4) is 5.69 Å². The van der Waals surface area contributed by atoms with E-state index in [0.29, 0.717) is 11.8 Å². The van der Waals surface area contributed by atoms with Crippen molar-refractivity contribution in [2.24, 2.45) is 0 Å². The molecule has 0 aliphatic heterocycles. The van der Waals surface area contributed by atoms with Gasteiger partial charge in [-0.1, -0.05) is 17.7 Å². The molecule has 0 saturated heterocycles. The molecule has 1 atom stereocenters. The lowest BCUT2D eigenvalue weighted by molar-refractivity contribution is 0.450. The maximum atomic E-state index is 5.43. The summed E-state index contributed by atoms with van der Waals surface area (Å²) in [5, 5.41) is 15.8. The van der Waals surface area contributed by atoms with E-state index in [2.05, 4.69) is 51.8 Å². The molecule has 3 aromatic rings. The lowest BCUT2D eigenvalue weighted by atomic mass is 10.2. The second-order valence-electron chi connectivity index (χ2n) is 5.44. The molecule has 0 spiro atoms. The van der Waals surface area contributed by atoms with Crippen LogP contribution in [0.4, 0.5) is 5.82 Å². The van der Waals surface area contributed by atoms with Crippen LogP contribution >= 0.6 is 0 Å². The first-order valence-electron chi connectivity index (χ1n) is 7.23. The van der Waals surface area contributed by atoms with E-state index >= 15 is 0 Å². The van der Waals surface area contributed by atoms with E-state index in [1.807, 2.05) is 24.6 Å². The van der Waals surface area contributed by atoms with E-state index in [4.69, 9.17) is 4.42 Å². The Balaban J connectivity index is 1.81. The predicted octanol–water partition coefficient (Wildman–Crippen LogP) is 3.35. The van der Waals surface area contributed by atoms with Crippen LogP contribution in [0.3, 0.4) is 0 Å². The van der Waals surface area contributed by atoms with Crippen LogP contribution < -0.4 is 5.32 Å². The first kappa shape index (κ1) is 14.3. The second-order valence-corrected chi connectivity index (χ2v) is 5.44. The van der Waals surface area contributed by atoms with Crippen molar-refractivity contribution in [1.29, 1.82) is 0 Å². The van der Waals surface area contributed by atoms with Crippen molar-refractivity contribution in [2.45, 2.75) is 33.7 Å². The van der Waals surface area contributed by atoms with Crippen molar-refractivity contribution in [3.63, 3.8) is 0 Å². The molecule has 0 bridgehead atoms. The zero-order chi connectivity index (χ0) is 15.7. The Bertz CT molecular complexity index is 772. The van der Waals surface area contributed by atoms with Crippen LogP contribution in [0.1, 0.15) is 36.0 Å². The van der Waals surface area contributed by atoms with E-state index in [-0.39, 0.29) is 6.04 Å². The quantitative estimate of drug-likeness (QED) is 0.799. The molecule has 2 aromatic heterocycles. The van der Waals surface area contributed by atoms with Crippen LogP contribution in [-0.4, -0.2) is 20.0 Å². The third-order valence-corrected chi connectivity index (χ3v) is 3.44. The molecular formula is C16H19N5O. The van der Waals surface area contributed by atoms with E-state index in [0.717, 1.165) is 17.2 Å². The number of rotatable bonds is 4. The van der Waals surface area contributed by atoms with Crippen LogP contribution in [0.15, 0.2) is 34.7 Å². The highest BCUT2D eigenvalue weighted by Crippen LogP contribution is 2.20. The van der Waals surface area contributed by atoms with Gasteiger partial charge >= 0.3 is 0 Å². The molecule has 0 unspecified atom stereocenters. The van der Waals surface area contributed by atoms with Crippen molar-refractivity contribution < 1.29 is 4.42 Å². The average Bonchev–Trinajstić information content (AvgIpc) is 3.06. The van der Waals surface area contributed by atoms with E-state index in [1.165, 1.54) is 5.56 Å². The van der Waals surface area contributed by atoms with E-state index in [9.17, 15) is 0 Å². The fourth-order valence-corrected chi connectivity index (χ4v) is 2.26. The maximum Gasteiger partial charge on any atom is 0.238 e. The summed E-state index contributed by atoms with van der Waals surface area (Å²) in [6.07, 6.45) is 0. The van der Waals surface area contributed by atoms with Crippen molar-refractivity contribution in [1.82, 2.24) is 20.0 Å². The SMILES string of the molecule is Cc1ccc(-n2nc(N[C@@H](C)c3nnc(C)o3)cc2C)cc1. The Morgan fingerprint density at radius 3 is 2.45 bits per heavy atom. The van der Waals surface area contributed by atoms with Crippen molar-refractivity contribution >= 4 is 5.82 Å². The number of nitrogens with zero attached hydrogens (tertiary/aromatic N) is 4. The molecule has 1 N–H and O–H groups in total. The minimum atomic E-state index is -0.0954. The molecule has 0 fully saturated rings. The molecule has 0 radical (unpaired) electrons. The molecule has 1 aromatic carbocycles. The van der Waals surface area contributed by atoms with Gasteiger partial charge < -0.3 is 9.73 Å². The Morgan fingerprint density at radius 2 is 1.82 bits per heavy atom. The summed E-state index contributed by atoms with van der Waals surface area (Å²) in [6, 6.07) is 10.2. The summed E-state index contributed by atoms with van der Waals surface area (Å²) in [5.41, 5.74) is 3.32. The van der Waals surface area contributed by atoms with Gasteiger partial charge in [-0.25, -0.2) is 4.68 Å². The molecule has 3 rings (SSSR count). The lowest BCUT2D eigenvalue weighted by Crippen LogP contribution is -2.08. The summed E-state index contributed by atoms with van der Waals surface area (Å²) in [5.74, 6) is 1.89. The van der Waals surface area contributed by atoms with Crippen LogP contribution in [0, 0.1) is 20.8 Å². The largest absolute Gasteiger partial charge is 0.423 e. The molecule has 0 aliphatic carbocycles. The Morgan fingerprint density at radius 1 is 1.09 bits per heavy atom. The number of anilines is 1. The highest BCUT2D eigenvalue weighted by molar-refractivity contribution is 5.43. The normalized spacial score (nSPS) is 12.4. The minimum Gasteiger partial charge on any atom is -0.423 e. The molecule has 114 valence electrons. The first-order valence-corrected chi connectivity index (χ1v) is 7.23. The zero-order valence-corrected chi connectivity index (χ0v) is 13.2. The Kier molecular flexibility index (Phi) is 3.66. The standard InChI is InChI=1S/C16H19N5O/c1-10-5-7-14(8-6-10)21-11(2)9-15(20-21)17-12(3)16-19-18-13(4)22-16/h5-9,12H,1-4H3,(H,17,20)/t12-/m0/s1. The van der Waals surface area contributed by atoms with Gasteiger partial charge in [-0.2, -0.15) is 5.10 Å². The molecule has 0 amide bonds. The van der Waals surface area contributed by atoms with Gasteiger partial charge in [0.1, 0.15) is 11.9 Å².